The Balaban J connectivity index is 1.04. The third-order valence-electron chi connectivity index (χ3n) is 8.32. The molecule has 1 amide bonds. The molecular formula is C34H32Cl2N2O5S. The largest absolute Gasteiger partial charge is 0.487 e. The number of ether oxygens (including phenoxy) is 2. The molecule has 1 spiro atoms. The van der Waals surface area contributed by atoms with E-state index in [0.717, 1.165) is 53.7 Å². The molecular weight excluding hydrogens is 619 g/mol. The highest BCUT2D eigenvalue weighted by atomic mass is 35.5. The van der Waals surface area contributed by atoms with Crippen LogP contribution in [0.2, 0.25) is 10.0 Å². The van der Waals surface area contributed by atoms with E-state index in [4.69, 9.17) is 32.7 Å². The lowest BCUT2D eigenvalue weighted by Crippen LogP contribution is -2.51. The molecule has 1 saturated heterocycles. The van der Waals surface area contributed by atoms with Crippen molar-refractivity contribution in [2.75, 3.05) is 13.1 Å². The molecule has 0 bridgehead atoms. The molecule has 0 N–H and O–H groups in total. The number of pyridine rings is 1. The minimum Gasteiger partial charge on any atom is -0.487 e. The van der Waals surface area contributed by atoms with Crippen LogP contribution in [0.4, 0.5) is 4.79 Å². The molecule has 2 aliphatic heterocycles. The second-order valence-electron chi connectivity index (χ2n) is 11.4. The van der Waals surface area contributed by atoms with E-state index < -0.39 is 9.84 Å². The number of amides is 1. The van der Waals surface area contributed by atoms with Crippen molar-refractivity contribution in [1.29, 1.82) is 0 Å². The van der Waals surface area contributed by atoms with E-state index in [-0.39, 0.29) is 29.8 Å². The Hall–Kier alpha value is -3.59. The quantitative estimate of drug-likeness (QED) is 0.204. The molecule has 0 unspecified atom stereocenters. The van der Waals surface area contributed by atoms with E-state index >= 15 is 0 Å². The number of piperidine rings is 1. The predicted octanol–water partition coefficient (Wildman–Crippen LogP) is 7.67. The van der Waals surface area contributed by atoms with Crippen LogP contribution in [0.3, 0.4) is 0 Å². The first kappa shape index (κ1) is 30.4. The number of nitrogens with zero attached hydrogens (tertiary/aromatic N) is 2. The van der Waals surface area contributed by atoms with Crippen LogP contribution in [0, 0.1) is 0 Å². The fraction of sp³-hybridized carbons (Fsp3) is 0.294. The lowest BCUT2D eigenvalue weighted by atomic mass is 9.82. The summed E-state index contributed by atoms with van der Waals surface area (Å²) in [6, 6.07) is 24.4. The van der Waals surface area contributed by atoms with Crippen molar-refractivity contribution in [2.45, 2.75) is 49.4 Å². The van der Waals surface area contributed by atoms with Gasteiger partial charge in [-0.3, -0.25) is 4.98 Å². The number of sulfone groups is 1. The molecule has 7 nitrogen and oxygen atoms in total. The van der Waals surface area contributed by atoms with Gasteiger partial charge in [0.2, 0.25) is 0 Å². The van der Waals surface area contributed by atoms with Gasteiger partial charge >= 0.3 is 6.09 Å². The van der Waals surface area contributed by atoms with Crippen molar-refractivity contribution < 1.29 is 22.7 Å². The lowest BCUT2D eigenvalue weighted by molar-refractivity contribution is -0.0150. The summed E-state index contributed by atoms with van der Waals surface area (Å²) in [6.07, 6.45) is 4.45. The van der Waals surface area contributed by atoms with Crippen molar-refractivity contribution in [3.63, 3.8) is 0 Å². The number of halogens is 2. The maximum Gasteiger partial charge on any atom is 0.410 e. The molecule has 0 aliphatic carbocycles. The minimum absolute atomic E-state index is 0.0324. The van der Waals surface area contributed by atoms with Crippen LogP contribution >= 0.6 is 23.2 Å². The van der Waals surface area contributed by atoms with Gasteiger partial charge in [-0.15, -0.1) is 0 Å². The number of aromatic nitrogens is 1. The smallest absolute Gasteiger partial charge is 0.410 e. The third-order valence-corrected chi connectivity index (χ3v) is 10.7. The van der Waals surface area contributed by atoms with Gasteiger partial charge in [0.25, 0.3) is 0 Å². The van der Waals surface area contributed by atoms with Crippen LogP contribution in [0.1, 0.15) is 41.6 Å². The summed E-state index contributed by atoms with van der Waals surface area (Å²) in [5.74, 6) is 0.766. The zero-order chi connectivity index (χ0) is 30.7. The monoisotopic (exact) mass is 650 g/mol. The van der Waals surface area contributed by atoms with Gasteiger partial charge < -0.3 is 14.4 Å². The summed E-state index contributed by atoms with van der Waals surface area (Å²) in [7, 11) is -3.33. The van der Waals surface area contributed by atoms with Gasteiger partial charge in [0.05, 0.1) is 27.2 Å². The van der Waals surface area contributed by atoms with Gasteiger partial charge in [0, 0.05) is 37.7 Å². The van der Waals surface area contributed by atoms with Crippen LogP contribution in [0.15, 0.2) is 85.1 Å². The Morgan fingerprint density at radius 3 is 2.43 bits per heavy atom. The Morgan fingerprint density at radius 2 is 1.68 bits per heavy atom. The summed E-state index contributed by atoms with van der Waals surface area (Å²) in [4.78, 5) is 18.6. The first-order valence-corrected chi connectivity index (χ1v) is 17.1. The fourth-order valence-corrected chi connectivity index (χ4v) is 7.65. The van der Waals surface area contributed by atoms with Crippen molar-refractivity contribution in [3.8, 4) is 16.9 Å². The molecule has 3 heterocycles. The Labute approximate surface area is 267 Å². The Kier molecular flexibility index (Phi) is 8.85. The van der Waals surface area contributed by atoms with Crippen LogP contribution in [0.25, 0.3) is 11.1 Å². The van der Waals surface area contributed by atoms with Gasteiger partial charge in [-0.25, -0.2) is 13.2 Å². The topological polar surface area (TPSA) is 85.8 Å². The molecule has 0 radical (unpaired) electrons. The highest BCUT2D eigenvalue weighted by Gasteiger charge is 2.40. The van der Waals surface area contributed by atoms with Crippen molar-refractivity contribution in [3.05, 3.63) is 117 Å². The van der Waals surface area contributed by atoms with E-state index in [9.17, 15) is 13.2 Å². The van der Waals surface area contributed by atoms with E-state index in [1.165, 1.54) is 0 Å². The van der Waals surface area contributed by atoms with Gasteiger partial charge in [-0.2, -0.15) is 0 Å². The molecule has 2 aliphatic rings. The number of hydrogen-bond donors (Lipinski definition) is 0. The predicted molar refractivity (Wildman–Crippen MR) is 172 cm³/mol. The van der Waals surface area contributed by atoms with Gasteiger partial charge in [0.1, 0.15) is 18.0 Å². The van der Waals surface area contributed by atoms with E-state index in [1.54, 1.807) is 47.5 Å². The molecule has 1 aromatic heterocycles. The van der Waals surface area contributed by atoms with E-state index in [0.29, 0.717) is 34.4 Å². The van der Waals surface area contributed by atoms with Gasteiger partial charge in [0.15, 0.2) is 9.84 Å². The number of carbonyl (C=O) groups excluding carboxylic acids is 1. The summed E-state index contributed by atoms with van der Waals surface area (Å²) in [5, 5.41) is 0.831. The second-order valence-corrected chi connectivity index (χ2v) is 14.3. The standard InChI is InChI=1S/C34H32Cl2N2O5S/c35-30-6-3-4-28(32(30)36)21-42-33(39)38-18-15-34(16-19-38)14-13-27-20-26(11-12-31(27)43-34)25-9-7-24(8-10-25)22-44(40,41)23-29-5-1-2-17-37-29/h1-12,17,20H,13-16,18-19,21-23H2. The number of rotatable bonds is 7. The van der Waals surface area contributed by atoms with Crippen LogP contribution < -0.4 is 4.74 Å². The molecule has 3 aromatic carbocycles. The molecule has 0 saturated carbocycles. The normalized spacial score (nSPS) is 15.8. The Morgan fingerprint density at radius 1 is 0.909 bits per heavy atom. The van der Waals surface area contributed by atoms with Crippen LogP contribution in [-0.4, -0.2) is 43.1 Å². The number of fused-ring (bicyclic) bond motifs is 1. The number of aryl methyl sites for hydroxylation is 1. The summed E-state index contributed by atoms with van der Waals surface area (Å²) in [6.45, 7) is 1.18. The SMILES string of the molecule is O=C(OCc1cccc(Cl)c1Cl)N1CCC2(CCc3cc(-c4ccc(CS(=O)(=O)Cc5ccccn5)cc4)ccc3O2)CC1. The maximum absolute atomic E-state index is 12.7. The summed E-state index contributed by atoms with van der Waals surface area (Å²) >= 11 is 12.3. The van der Waals surface area contributed by atoms with E-state index in [1.807, 2.05) is 36.4 Å². The molecule has 44 heavy (non-hydrogen) atoms. The highest BCUT2D eigenvalue weighted by Crippen LogP contribution is 2.41. The Bertz CT molecular complexity index is 1760. The molecule has 10 heteroatoms. The average Bonchev–Trinajstić information content (AvgIpc) is 3.02. The van der Waals surface area contributed by atoms with Crippen LogP contribution in [-0.2, 0) is 39.1 Å². The maximum atomic E-state index is 12.7. The number of likely N-dealkylation sites (tertiary alicyclic amines) is 1. The lowest BCUT2D eigenvalue weighted by Gasteiger charge is -2.44. The van der Waals surface area contributed by atoms with Gasteiger partial charge in [-0.1, -0.05) is 71.7 Å². The first-order valence-electron chi connectivity index (χ1n) is 14.5. The number of benzene rings is 3. The molecule has 0 atom stereocenters. The first-order chi connectivity index (χ1) is 21.2. The fourth-order valence-electron chi connectivity index (χ4n) is 5.85. The van der Waals surface area contributed by atoms with Crippen molar-refractivity contribution in [1.82, 2.24) is 9.88 Å². The number of carbonyl (C=O) groups is 1. The minimum atomic E-state index is -3.33. The zero-order valence-corrected chi connectivity index (χ0v) is 26.4. The summed E-state index contributed by atoms with van der Waals surface area (Å²) < 4.78 is 37.5. The van der Waals surface area contributed by atoms with Crippen LogP contribution in [0.5, 0.6) is 5.75 Å². The molecule has 1 fully saturated rings. The zero-order valence-electron chi connectivity index (χ0n) is 24.0. The van der Waals surface area contributed by atoms with E-state index in [2.05, 4.69) is 11.1 Å². The average molecular weight is 652 g/mol. The molecule has 228 valence electrons. The second kappa shape index (κ2) is 12.8. The van der Waals surface area contributed by atoms with Crippen molar-refractivity contribution in [2.24, 2.45) is 0 Å². The number of hydrogen-bond acceptors (Lipinski definition) is 6. The molecule has 4 aromatic rings. The van der Waals surface area contributed by atoms with Gasteiger partial charge in [-0.05, 0) is 65.4 Å². The third kappa shape index (κ3) is 7.04. The highest BCUT2D eigenvalue weighted by molar-refractivity contribution is 7.89. The molecule has 6 rings (SSSR count). The summed E-state index contributed by atoms with van der Waals surface area (Å²) in [5.41, 5.74) is 4.89. The van der Waals surface area contributed by atoms with Crippen molar-refractivity contribution >= 4 is 39.1 Å².